The van der Waals surface area contributed by atoms with Crippen LogP contribution in [0.1, 0.15) is 41.4 Å². The van der Waals surface area contributed by atoms with Gasteiger partial charge in [-0.05, 0) is 41.3 Å². The predicted octanol–water partition coefficient (Wildman–Crippen LogP) is 4.41. The highest BCUT2D eigenvalue weighted by Crippen LogP contribution is 2.19. The molecule has 3 aromatic rings. The summed E-state index contributed by atoms with van der Waals surface area (Å²) in [6.07, 6.45) is 2.94. The van der Waals surface area contributed by atoms with Crippen LogP contribution in [0.2, 0.25) is 0 Å². The van der Waals surface area contributed by atoms with E-state index in [0.29, 0.717) is 18.3 Å². The summed E-state index contributed by atoms with van der Waals surface area (Å²) in [5, 5.41) is 5.89. The van der Waals surface area contributed by atoms with Gasteiger partial charge in [-0.25, -0.2) is 14.4 Å². The maximum Gasteiger partial charge on any atom is 0.271 e. The van der Waals surface area contributed by atoms with Crippen LogP contribution in [-0.4, -0.2) is 15.9 Å². The predicted molar refractivity (Wildman–Crippen MR) is 103 cm³/mol. The van der Waals surface area contributed by atoms with Crippen molar-refractivity contribution in [3.8, 4) is 0 Å². The van der Waals surface area contributed by atoms with Gasteiger partial charge in [-0.15, -0.1) is 0 Å². The minimum Gasteiger partial charge on any atom is -0.347 e. The molecule has 0 spiro atoms. The summed E-state index contributed by atoms with van der Waals surface area (Å²) >= 11 is 0. The quantitative estimate of drug-likeness (QED) is 0.680. The topological polar surface area (TPSA) is 66.9 Å². The Bertz CT molecular complexity index is 891. The van der Waals surface area contributed by atoms with Crippen LogP contribution in [0.15, 0.2) is 60.9 Å². The van der Waals surface area contributed by atoms with Crippen molar-refractivity contribution in [2.45, 2.75) is 26.3 Å². The first kappa shape index (κ1) is 18.5. The van der Waals surface area contributed by atoms with Gasteiger partial charge in [0.15, 0.2) is 0 Å². The van der Waals surface area contributed by atoms with Crippen LogP contribution in [-0.2, 0) is 6.54 Å². The minimum atomic E-state index is -0.334. The van der Waals surface area contributed by atoms with Crippen LogP contribution in [0, 0.1) is 5.82 Å². The van der Waals surface area contributed by atoms with Crippen LogP contribution in [0.3, 0.4) is 0 Å². The summed E-state index contributed by atoms with van der Waals surface area (Å²) in [5.74, 6) is 0.395. The maximum absolute atomic E-state index is 12.9. The Labute approximate surface area is 157 Å². The number of carbonyl (C=O) groups excluding carboxylic acids is 1. The Balaban J connectivity index is 1.57. The van der Waals surface area contributed by atoms with Gasteiger partial charge in [-0.1, -0.05) is 38.1 Å². The first-order valence-electron chi connectivity index (χ1n) is 8.73. The van der Waals surface area contributed by atoms with E-state index in [2.05, 4.69) is 46.6 Å². The molecule has 0 saturated carbocycles. The van der Waals surface area contributed by atoms with Crippen LogP contribution in [0.5, 0.6) is 0 Å². The third-order valence-electron chi connectivity index (χ3n) is 4.10. The van der Waals surface area contributed by atoms with E-state index >= 15 is 0 Å². The fourth-order valence-corrected chi connectivity index (χ4v) is 2.48. The second-order valence-electron chi connectivity index (χ2n) is 6.50. The number of carbonyl (C=O) groups is 1. The van der Waals surface area contributed by atoms with E-state index in [0.717, 1.165) is 11.3 Å². The van der Waals surface area contributed by atoms with Crippen molar-refractivity contribution >= 4 is 17.4 Å². The van der Waals surface area contributed by atoms with E-state index in [1.165, 1.54) is 30.1 Å². The highest BCUT2D eigenvalue weighted by Gasteiger charge is 2.08. The van der Waals surface area contributed by atoms with Crippen molar-refractivity contribution in [1.82, 2.24) is 15.3 Å². The third-order valence-corrected chi connectivity index (χ3v) is 4.10. The average molecular weight is 364 g/mol. The summed E-state index contributed by atoms with van der Waals surface area (Å²) in [5.41, 5.74) is 3.20. The van der Waals surface area contributed by atoms with Gasteiger partial charge < -0.3 is 10.6 Å². The Morgan fingerprint density at radius 3 is 2.30 bits per heavy atom. The van der Waals surface area contributed by atoms with E-state index in [4.69, 9.17) is 0 Å². The molecule has 5 nitrogen and oxygen atoms in total. The molecule has 0 bridgehead atoms. The number of hydrogen-bond donors (Lipinski definition) is 2. The number of amides is 1. The van der Waals surface area contributed by atoms with Crippen molar-refractivity contribution in [2.24, 2.45) is 0 Å². The fraction of sp³-hybridized carbons (Fsp3) is 0.190. The van der Waals surface area contributed by atoms with Crippen LogP contribution in [0.25, 0.3) is 0 Å². The van der Waals surface area contributed by atoms with Crippen molar-refractivity contribution in [2.75, 3.05) is 5.32 Å². The molecule has 1 amide bonds. The molecule has 1 heterocycles. The van der Waals surface area contributed by atoms with E-state index in [-0.39, 0.29) is 17.4 Å². The zero-order valence-corrected chi connectivity index (χ0v) is 15.2. The molecular weight excluding hydrogens is 343 g/mol. The lowest BCUT2D eigenvalue weighted by atomic mass is 10.0. The molecule has 0 aliphatic heterocycles. The molecule has 0 aliphatic carbocycles. The van der Waals surface area contributed by atoms with Gasteiger partial charge in [0.25, 0.3) is 5.91 Å². The summed E-state index contributed by atoms with van der Waals surface area (Å²) in [6.45, 7) is 4.59. The molecule has 3 rings (SSSR count). The van der Waals surface area contributed by atoms with Crippen molar-refractivity contribution < 1.29 is 9.18 Å². The van der Waals surface area contributed by atoms with Gasteiger partial charge in [-0.3, -0.25) is 4.79 Å². The van der Waals surface area contributed by atoms with Gasteiger partial charge in [-0.2, -0.15) is 0 Å². The zero-order chi connectivity index (χ0) is 19.2. The maximum atomic E-state index is 12.9. The molecule has 6 heteroatoms. The number of anilines is 2. The average Bonchev–Trinajstić information content (AvgIpc) is 2.68. The number of aromatic nitrogens is 2. The molecule has 138 valence electrons. The van der Waals surface area contributed by atoms with E-state index in [1.54, 1.807) is 12.1 Å². The van der Waals surface area contributed by atoms with Crippen molar-refractivity contribution in [1.29, 1.82) is 0 Å². The molecule has 0 unspecified atom stereocenters. The Morgan fingerprint density at radius 1 is 1.00 bits per heavy atom. The van der Waals surface area contributed by atoms with E-state index in [9.17, 15) is 9.18 Å². The van der Waals surface area contributed by atoms with Crippen LogP contribution >= 0.6 is 0 Å². The molecule has 2 aromatic carbocycles. The summed E-state index contributed by atoms with van der Waals surface area (Å²) in [7, 11) is 0. The highest BCUT2D eigenvalue weighted by atomic mass is 19.1. The normalized spacial score (nSPS) is 10.7. The molecule has 0 atom stereocenters. The largest absolute Gasteiger partial charge is 0.347 e. The number of hydrogen-bond acceptors (Lipinski definition) is 4. The Morgan fingerprint density at radius 2 is 1.70 bits per heavy atom. The van der Waals surface area contributed by atoms with Crippen LogP contribution < -0.4 is 10.6 Å². The Kier molecular flexibility index (Phi) is 5.76. The van der Waals surface area contributed by atoms with E-state index < -0.39 is 0 Å². The second-order valence-corrected chi connectivity index (χ2v) is 6.50. The lowest BCUT2D eigenvalue weighted by molar-refractivity contribution is 0.0945. The second kappa shape index (κ2) is 8.40. The lowest BCUT2D eigenvalue weighted by Gasteiger charge is -2.09. The number of halogens is 1. The molecule has 2 N–H and O–H groups in total. The summed E-state index contributed by atoms with van der Waals surface area (Å²) in [6, 6.07) is 14.1. The van der Waals surface area contributed by atoms with Gasteiger partial charge in [0.05, 0.1) is 12.4 Å². The number of rotatable bonds is 6. The highest BCUT2D eigenvalue weighted by molar-refractivity contribution is 5.92. The Hall–Kier alpha value is -3.28. The number of nitrogens with zero attached hydrogens (tertiary/aromatic N) is 2. The molecule has 0 saturated heterocycles. The monoisotopic (exact) mass is 364 g/mol. The van der Waals surface area contributed by atoms with Gasteiger partial charge in [0, 0.05) is 12.2 Å². The lowest BCUT2D eigenvalue weighted by Crippen LogP contribution is -2.24. The minimum absolute atomic E-state index is 0.220. The number of nitrogens with one attached hydrogen (secondary N) is 2. The molecule has 0 radical (unpaired) electrons. The van der Waals surface area contributed by atoms with E-state index in [1.807, 2.05) is 12.1 Å². The van der Waals surface area contributed by atoms with Gasteiger partial charge in [0.2, 0.25) is 0 Å². The van der Waals surface area contributed by atoms with Crippen LogP contribution in [0.4, 0.5) is 15.9 Å². The summed E-state index contributed by atoms with van der Waals surface area (Å²) < 4.78 is 12.9. The van der Waals surface area contributed by atoms with Gasteiger partial charge in [0.1, 0.15) is 17.3 Å². The standard InChI is InChI=1S/C21H21FN4O/c1-14(2)16-5-9-18(10-6-16)26-20-13-23-19(12-24-20)21(27)25-11-15-3-7-17(22)8-4-15/h3-10,12-14H,11H2,1-2H3,(H,24,26)(H,25,27). The van der Waals surface area contributed by atoms with Crippen molar-refractivity contribution in [3.63, 3.8) is 0 Å². The smallest absolute Gasteiger partial charge is 0.271 e. The molecule has 0 fully saturated rings. The molecular formula is C21H21FN4O. The SMILES string of the molecule is CC(C)c1ccc(Nc2cnc(C(=O)NCc3ccc(F)cc3)cn2)cc1. The number of benzene rings is 2. The van der Waals surface area contributed by atoms with Crippen molar-refractivity contribution in [3.05, 3.63) is 83.6 Å². The molecule has 0 aliphatic rings. The first-order valence-corrected chi connectivity index (χ1v) is 8.73. The molecule has 27 heavy (non-hydrogen) atoms. The van der Waals surface area contributed by atoms with Gasteiger partial charge >= 0.3 is 0 Å². The zero-order valence-electron chi connectivity index (χ0n) is 15.2. The first-order chi connectivity index (χ1) is 13.0. The fourth-order valence-electron chi connectivity index (χ4n) is 2.48. The third kappa shape index (κ3) is 5.10. The molecule has 1 aromatic heterocycles. The summed E-state index contributed by atoms with van der Waals surface area (Å²) in [4.78, 5) is 20.5.